The van der Waals surface area contributed by atoms with Gasteiger partial charge in [-0.05, 0) is 67.3 Å². The zero-order chi connectivity index (χ0) is 21.1. The minimum absolute atomic E-state index is 0.191. The number of carboxylic acids is 1. The molecule has 148 valence electrons. The van der Waals surface area contributed by atoms with Crippen molar-refractivity contribution in [1.82, 2.24) is 4.57 Å². The molecule has 0 amide bonds. The summed E-state index contributed by atoms with van der Waals surface area (Å²) in [6, 6.07) is 12.6. The molecule has 0 aliphatic carbocycles. The zero-order valence-corrected chi connectivity index (χ0v) is 16.1. The van der Waals surface area contributed by atoms with Gasteiger partial charge in [-0.25, -0.2) is 4.39 Å². The van der Waals surface area contributed by atoms with Crippen LogP contribution >= 0.6 is 0 Å². The fourth-order valence-corrected chi connectivity index (χ4v) is 3.34. The van der Waals surface area contributed by atoms with Crippen LogP contribution in [0.2, 0.25) is 0 Å². The number of carbonyl (C=O) groups is 2. The number of halogens is 1. The highest BCUT2D eigenvalue weighted by Gasteiger charge is 2.19. The highest BCUT2D eigenvalue weighted by molar-refractivity contribution is 6.05. The molecule has 1 aromatic heterocycles. The van der Waals surface area contributed by atoms with Gasteiger partial charge in [-0.1, -0.05) is 18.2 Å². The van der Waals surface area contributed by atoms with Crippen molar-refractivity contribution in [3.63, 3.8) is 0 Å². The smallest absolute Gasteiger partial charge is 0.311 e. The summed E-state index contributed by atoms with van der Waals surface area (Å²) in [6.07, 6.45) is 2.12. The molecule has 3 rings (SSSR count). The molecule has 3 aromatic rings. The van der Waals surface area contributed by atoms with Crippen LogP contribution in [0.4, 0.5) is 4.39 Å². The maximum atomic E-state index is 13.5. The molecule has 6 heteroatoms. The molecular weight excluding hydrogens is 373 g/mol. The van der Waals surface area contributed by atoms with Crippen molar-refractivity contribution >= 4 is 28.6 Å². The first-order chi connectivity index (χ1) is 13.8. The van der Waals surface area contributed by atoms with Crippen LogP contribution in [0.1, 0.15) is 31.9 Å². The molecular formula is C23H20FNO4. The lowest BCUT2D eigenvalue weighted by molar-refractivity contribution is -0.139. The predicted octanol–water partition coefficient (Wildman–Crippen LogP) is 4.45. The van der Waals surface area contributed by atoms with Crippen molar-refractivity contribution in [2.45, 2.75) is 26.3 Å². The number of nitrogens with zero attached hydrogens (tertiary/aromatic N) is 1. The van der Waals surface area contributed by atoms with E-state index in [1.807, 2.05) is 13.8 Å². The first kappa shape index (κ1) is 20.2. The molecule has 1 N–H and O–H groups in total. The highest BCUT2D eigenvalue weighted by Crippen LogP contribution is 2.31. The number of carbonyl (C=O) groups excluding carboxylic acids is 1. The van der Waals surface area contributed by atoms with Crippen molar-refractivity contribution in [1.29, 1.82) is 0 Å². The van der Waals surface area contributed by atoms with Crippen molar-refractivity contribution in [2.75, 3.05) is 0 Å². The van der Waals surface area contributed by atoms with E-state index in [9.17, 15) is 18.8 Å². The number of ketones is 1. The minimum Gasteiger partial charge on any atom is -0.481 e. The van der Waals surface area contributed by atoms with Crippen LogP contribution in [0.25, 0.3) is 28.1 Å². The lowest BCUT2D eigenvalue weighted by Gasteiger charge is -2.21. The van der Waals surface area contributed by atoms with Gasteiger partial charge in [0.2, 0.25) is 0 Å². The summed E-state index contributed by atoms with van der Waals surface area (Å²) in [4.78, 5) is 35.9. The van der Waals surface area contributed by atoms with E-state index in [4.69, 9.17) is 5.11 Å². The number of carboxylic acid groups (broad SMARTS) is 1. The predicted molar refractivity (Wildman–Crippen MR) is 110 cm³/mol. The number of rotatable bonds is 6. The summed E-state index contributed by atoms with van der Waals surface area (Å²) in [6.45, 7) is 3.73. The van der Waals surface area contributed by atoms with Crippen molar-refractivity contribution in [3.8, 4) is 11.3 Å². The first-order valence-corrected chi connectivity index (χ1v) is 9.15. The van der Waals surface area contributed by atoms with E-state index in [1.54, 1.807) is 41.0 Å². The first-order valence-electron chi connectivity index (χ1n) is 9.15. The van der Waals surface area contributed by atoms with E-state index in [-0.39, 0.29) is 11.6 Å². The SMILES string of the molecule is CC(C)n1c(-c2ccc(F)cc2)c(C=CC(=O)CC(=O)O)c2ccccc2c1=O. The second kappa shape index (κ2) is 8.22. The van der Waals surface area contributed by atoms with Crippen molar-refractivity contribution in [3.05, 3.63) is 76.3 Å². The molecule has 0 saturated carbocycles. The van der Waals surface area contributed by atoms with Gasteiger partial charge in [-0.2, -0.15) is 0 Å². The van der Waals surface area contributed by atoms with Gasteiger partial charge in [-0.3, -0.25) is 14.4 Å². The third kappa shape index (κ3) is 4.16. The molecule has 0 unspecified atom stereocenters. The molecule has 29 heavy (non-hydrogen) atoms. The van der Waals surface area contributed by atoms with Crippen LogP contribution in [0.5, 0.6) is 0 Å². The Bertz CT molecular complexity index is 1170. The van der Waals surface area contributed by atoms with E-state index in [1.165, 1.54) is 24.3 Å². The van der Waals surface area contributed by atoms with Gasteiger partial charge >= 0.3 is 5.97 Å². The molecule has 0 bridgehead atoms. The van der Waals surface area contributed by atoms with E-state index in [0.29, 0.717) is 27.6 Å². The molecule has 0 atom stereocenters. The van der Waals surface area contributed by atoms with Gasteiger partial charge in [0.05, 0.1) is 5.69 Å². The maximum Gasteiger partial charge on any atom is 0.311 e. The third-order valence-electron chi connectivity index (χ3n) is 4.56. The van der Waals surface area contributed by atoms with E-state index in [0.717, 1.165) is 0 Å². The second-order valence-corrected chi connectivity index (χ2v) is 6.95. The number of fused-ring (bicyclic) bond motifs is 1. The topological polar surface area (TPSA) is 76.4 Å². The molecule has 0 radical (unpaired) electrons. The molecule has 0 aliphatic heterocycles. The van der Waals surface area contributed by atoms with Crippen LogP contribution in [0.15, 0.2) is 59.4 Å². The Morgan fingerprint density at radius 1 is 1.07 bits per heavy atom. The molecule has 0 aliphatic rings. The number of benzene rings is 2. The number of hydrogen-bond donors (Lipinski definition) is 1. The van der Waals surface area contributed by atoms with Gasteiger partial charge in [0, 0.05) is 17.0 Å². The molecule has 2 aromatic carbocycles. The molecule has 0 saturated heterocycles. The Morgan fingerprint density at radius 2 is 1.69 bits per heavy atom. The second-order valence-electron chi connectivity index (χ2n) is 6.95. The van der Waals surface area contributed by atoms with Crippen LogP contribution in [-0.4, -0.2) is 21.4 Å². The standard InChI is InChI=1S/C23H20FNO4/c1-14(2)25-22(15-7-9-16(24)10-8-15)19(12-11-17(26)13-21(27)28)18-5-3-4-6-20(18)23(25)29/h3-12,14H,13H2,1-2H3,(H,27,28). The molecule has 5 nitrogen and oxygen atoms in total. The zero-order valence-electron chi connectivity index (χ0n) is 16.1. The number of hydrogen-bond acceptors (Lipinski definition) is 3. The van der Waals surface area contributed by atoms with Gasteiger partial charge < -0.3 is 9.67 Å². The summed E-state index contributed by atoms with van der Waals surface area (Å²) in [5.41, 5.74) is 1.57. The van der Waals surface area contributed by atoms with Crippen LogP contribution < -0.4 is 5.56 Å². The van der Waals surface area contributed by atoms with Crippen LogP contribution in [0, 0.1) is 5.82 Å². The lowest BCUT2D eigenvalue weighted by atomic mass is 9.97. The Hall–Kier alpha value is -3.54. The molecule has 1 heterocycles. The lowest BCUT2D eigenvalue weighted by Crippen LogP contribution is -2.25. The largest absolute Gasteiger partial charge is 0.481 e. The Balaban J connectivity index is 2.38. The Kier molecular flexibility index (Phi) is 5.73. The molecule has 0 spiro atoms. The van der Waals surface area contributed by atoms with E-state index < -0.39 is 24.0 Å². The fourth-order valence-electron chi connectivity index (χ4n) is 3.34. The van der Waals surface area contributed by atoms with Gasteiger partial charge in [0.25, 0.3) is 5.56 Å². The van der Waals surface area contributed by atoms with Crippen LogP contribution in [-0.2, 0) is 9.59 Å². The number of aliphatic carboxylic acids is 1. The van der Waals surface area contributed by atoms with Crippen LogP contribution in [0.3, 0.4) is 0 Å². The van der Waals surface area contributed by atoms with Crippen molar-refractivity contribution < 1.29 is 19.1 Å². The summed E-state index contributed by atoms with van der Waals surface area (Å²) in [5, 5.41) is 9.95. The van der Waals surface area contributed by atoms with Gasteiger partial charge in [-0.15, -0.1) is 0 Å². The average molecular weight is 393 g/mol. The number of pyridine rings is 1. The van der Waals surface area contributed by atoms with E-state index in [2.05, 4.69) is 0 Å². The monoisotopic (exact) mass is 393 g/mol. The van der Waals surface area contributed by atoms with Gasteiger partial charge in [0.1, 0.15) is 12.2 Å². The molecule has 0 fully saturated rings. The number of allylic oxidation sites excluding steroid dienone is 1. The normalized spacial score (nSPS) is 11.4. The van der Waals surface area contributed by atoms with Gasteiger partial charge in [0.15, 0.2) is 5.78 Å². The Labute approximate surface area is 166 Å². The Morgan fingerprint density at radius 3 is 2.28 bits per heavy atom. The highest BCUT2D eigenvalue weighted by atomic mass is 19.1. The van der Waals surface area contributed by atoms with E-state index >= 15 is 0 Å². The summed E-state index contributed by atoms with van der Waals surface area (Å²) >= 11 is 0. The summed E-state index contributed by atoms with van der Waals surface area (Å²) in [5.74, 6) is -2.17. The third-order valence-corrected chi connectivity index (χ3v) is 4.56. The average Bonchev–Trinajstić information content (AvgIpc) is 2.67. The van der Waals surface area contributed by atoms with Crippen molar-refractivity contribution in [2.24, 2.45) is 0 Å². The fraction of sp³-hybridized carbons (Fsp3) is 0.174. The minimum atomic E-state index is -1.21. The summed E-state index contributed by atoms with van der Waals surface area (Å²) < 4.78 is 15.1. The summed E-state index contributed by atoms with van der Waals surface area (Å²) in [7, 11) is 0. The quantitative estimate of drug-likeness (QED) is 0.496. The number of aromatic nitrogens is 1. The maximum absolute atomic E-state index is 13.5.